The molecule has 29 heavy (non-hydrogen) atoms. The fourth-order valence-electron chi connectivity index (χ4n) is 3.09. The van der Waals surface area contributed by atoms with Crippen LogP contribution in [-0.2, 0) is 6.61 Å². The summed E-state index contributed by atoms with van der Waals surface area (Å²) in [6, 6.07) is 25.3. The molecule has 4 aromatic rings. The second-order valence-corrected chi connectivity index (χ2v) is 6.57. The molecule has 0 saturated carbocycles. The second-order valence-electron chi connectivity index (χ2n) is 6.57. The summed E-state index contributed by atoms with van der Waals surface area (Å²) in [6.45, 7) is 0.485. The van der Waals surface area contributed by atoms with Crippen molar-refractivity contribution in [3.8, 4) is 17.2 Å². The molecule has 0 aliphatic carbocycles. The number of methoxy groups -OCH3 is 1. The monoisotopic (exact) mass is 383 g/mol. The summed E-state index contributed by atoms with van der Waals surface area (Å²) < 4.78 is 11.2. The molecule has 0 fully saturated rings. The van der Waals surface area contributed by atoms with Crippen molar-refractivity contribution in [3.63, 3.8) is 0 Å². The molecule has 0 amide bonds. The lowest BCUT2D eigenvalue weighted by Crippen LogP contribution is -1.97. The summed E-state index contributed by atoms with van der Waals surface area (Å²) in [6.07, 6.45) is 3.68. The summed E-state index contributed by atoms with van der Waals surface area (Å²) >= 11 is 0. The van der Waals surface area contributed by atoms with Crippen LogP contribution in [-0.4, -0.2) is 17.2 Å². The first kappa shape index (κ1) is 18.6. The number of hydrogen-bond acceptors (Lipinski definition) is 4. The van der Waals surface area contributed by atoms with Crippen LogP contribution in [0.25, 0.3) is 23.1 Å². The van der Waals surface area contributed by atoms with Gasteiger partial charge < -0.3 is 14.6 Å². The normalized spacial score (nSPS) is 11.1. The van der Waals surface area contributed by atoms with E-state index in [2.05, 4.69) is 0 Å². The maximum absolute atomic E-state index is 10.2. The van der Waals surface area contributed by atoms with Crippen LogP contribution in [0.1, 0.15) is 16.8 Å². The zero-order valence-electron chi connectivity index (χ0n) is 16.1. The van der Waals surface area contributed by atoms with Crippen molar-refractivity contribution in [2.45, 2.75) is 6.61 Å². The van der Waals surface area contributed by atoms with E-state index in [9.17, 15) is 5.11 Å². The fourth-order valence-corrected chi connectivity index (χ4v) is 3.09. The Morgan fingerprint density at radius 2 is 1.62 bits per heavy atom. The van der Waals surface area contributed by atoms with Gasteiger partial charge in [-0.15, -0.1) is 0 Å². The summed E-state index contributed by atoms with van der Waals surface area (Å²) in [7, 11) is 1.53. The first-order valence-electron chi connectivity index (χ1n) is 9.35. The third kappa shape index (κ3) is 4.22. The average Bonchev–Trinajstić information content (AvgIpc) is 2.77. The first-order valence-corrected chi connectivity index (χ1v) is 9.35. The van der Waals surface area contributed by atoms with Gasteiger partial charge in [0.15, 0.2) is 11.5 Å². The topological polar surface area (TPSA) is 51.6 Å². The lowest BCUT2D eigenvalue weighted by molar-refractivity contribution is 0.309. The van der Waals surface area contributed by atoms with Crippen molar-refractivity contribution in [2.24, 2.45) is 0 Å². The van der Waals surface area contributed by atoms with E-state index in [4.69, 9.17) is 14.5 Å². The van der Waals surface area contributed by atoms with Crippen LogP contribution in [0.5, 0.6) is 17.2 Å². The van der Waals surface area contributed by atoms with Crippen molar-refractivity contribution in [1.29, 1.82) is 0 Å². The van der Waals surface area contributed by atoms with Crippen molar-refractivity contribution < 1.29 is 14.6 Å². The number of fused-ring (bicyclic) bond motifs is 1. The summed E-state index contributed by atoms with van der Waals surface area (Å²) in [5.74, 6) is 1.29. The Bertz CT molecular complexity index is 1150. The molecule has 0 bridgehead atoms. The molecule has 0 saturated heterocycles. The summed E-state index contributed by atoms with van der Waals surface area (Å²) in [4.78, 5) is 4.75. The van der Waals surface area contributed by atoms with Gasteiger partial charge in [0.25, 0.3) is 0 Å². The highest BCUT2D eigenvalue weighted by molar-refractivity contribution is 5.86. The molecular weight excluding hydrogens is 362 g/mol. The van der Waals surface area contributed by atoms with Crippen LogP contribution in [0.2, 0.25) is 0 Å². The largest absolute Gasteiger partial charge is 0.504 e. The van der Waals surface area contributed by atoms with Gasteiger partial charge in [-0.25, -0.2) is 4.98 Å². The van der Waals surface area contributed by atoms with E-state index in [0.29, 0.717) is 17.9 Å². The smallest absolute Gasteiger partial charge is 0.165 e. The lowest BCUT2D eigenvalue weighted by atomic mass is 10.1. The minimum Gasteiger partial charge on any atom is -0.504 e. The summed E-state index contributed by atoms with van der Waals surface area (Å²) in [5.41, 5.74) is 3.35. The molecule has 0 aliphatic heterocycles. The Labute approximate surface area is 169 Å². The number of ether oxygens (including phenoxy) is 2. The third-order valence-corrected chi connectivity index (χ3v) is 4.63. The van der Waals surface area contributed by atoms with Gasteiger partial charge in [0, 0.05) is 10.9 Å². The van der Waals surface area contributed by atoms with Gasteiger partial charge in [-0.05, 0) is 35.9 Å². The number of pyridine rings is 1. The van der Waals surface area contributed by atoms with Crippen LogP contribution in [0, 0.1) is 0 Å². The predicted octanol–water partition coefficient (Wildman–Crippen LogP) is 5.70. The van der Waals surface area contributed by atoms with Crippen LogP contribution < -0.4 is 9.47 Å². The average molecular weight is 383 g/mol. The zero-order chi connectivity index (χ0) is 20.1. The van der Waals surface area contributed by atoms with E-state index in [1.165, 1.54) is 7.11 Å². The molecule has 1 aromatic heterocycles. The molecular formula is C25H21NO3. The molecule has 0 unspecified atom stereocenters. The fraction of sp³-hybridized carbons (Fsp3) is 0.0800. The SMILES string of the molecule is COc1cccc(/C=C\c2ccc3cccc(OCc4ccccc4)c3n2)c1O. The minimum absolute atomic E-state index is 0.110. The number of phenols is 1. The maximum Gasteiger partial charge on any atom is 0.165 e. The second kappa shape index (κ2) is 8.48. The van der Waals surface area contributed by atoms with Crippen LogP contribution >= 0.6 is 0 Å². The van der Waals surface area contributed by atoms with E-state index in [-0.39, 0.29) is 5.75 Å². The number of aromatic hydroxyl groups is 1. The highest BCUT2D eigenvalue weighted by Crippen LogP contribution is 2.31. The van der Waals surface area contributed by atoms with E-state index >= 15 is 0 Å². The van der Waals surface area contributed by atoms with Gasteiger partial charge in [-0.2, -0.15) is 0 Å². The van der Waals surface area contributed by atoms with Gasteiger partial charge >= 0.3 is 0 Å². The number of phenolic OH excluding ortho intramolecular Hbond substituents is 1. The highest BCUT2D eigenvalue weighted by atomic mass is 16.5. The zero-order valence-corrected chi connectivity index (χ0v) is 16.1. The molecule has 4 rings (SSSR count). The number of para-hydroxylation sites is 2. The van der Waals surface area contributed by atoms with Gasteiger partial charge in [0.2, 0.25) is 0 Å². The number of rotatable bonds is 6. The Morgan fingerprint density at radius 3 is 2.45 bits per heavy atom. The van der Waals surface area contributed by atoms with Crippen molar-refractivity contribution in [1.82, 2.24) is 4.98 Å². The number of nitrogens with zero attached hydrogens (tertiary/aromatic N) is 1. The molecule has 144 valence electrons. The number of hydrogen-bond donors (Lipinski definition) is 1. The van der Waals surface area contributed by atoms with Crippen LogP contribution in [0.3, 0.4) is 0 Å². The molecule has 4 nitrogen and oxygen atoms in total. The molecule has 0 atom stereocenters. The van der Waals surface area contributed by atoms with Gasteiger partial charge in [0.05, 0.1) is 12.8 Å². The van der Waals surface area contributed by atoms with Gasteiger partial charge in [-0.1, -0.05) is 60.7 Å². The Balaban J connectivity index is 1.61. The molecule has 0 spiro atoms. The molecule has 4 heteroatoms. The minimum atomic E-state index is 0.110. The lowest BCUT2D eigenvalue weighted by Gasteiger charge is -2.09. The maximum atomic E-state index is 10.2. The van der Waals surface area contributed by atoms with Crippen molar-refractivity contribution in [3.05, 3.63) is 95.7 Å². The Morgan fingerprint density at radius 1 is 0.828 bits per heavy atom. The molecule has 0 radical (unpaired) electrons. The Hall–Kier alpha value is -3.79. The van der Waals surface area contributed by atoms with Gasteiger partial charge in [0.1, 0.15) is 17.9 Å². The first-order chi connectivity index (χ1) is 14.2. The molecule has 1 N–H and O–H groups in total. The molecule has 1 heterocycles. The third-order valence-electron chi connectivity index (χ3n) is 4.63. The van der Waals surface area contributed by atoms with Crippen LogP contribution in [0.15, 0.2) is 78.9 Å². The van der Waals surface area contributed by atoms with E-state index < -0.39 is 0 Å². The standard InChI is InChI=1S/C25H21NO3/c1-28-23-12-6-10-20(25(23)27)14-16-21-15-13-19-9-5-11-22(24(19)26-21)29-17-18-7-3-2-4-8-18/h2-16,27H,17H2,1H3/b16-14-. The highest BCUT2D eigenvalue weighted by Gasteiger charge is 2.06. The number of aromatic nitrogens is 1. The predicted molar refractivity (Wildman–Crippen MR) is 116 cm³/mol. The summed E-state index contributed by atoms with van der Waals surface area (Å²) in [5, 5.41) is 11.3. The van der Waals surface area contributed by atoms with Gasteiger partial charge in [-0.3, -0.25) is 0 Å². The number of benzene rings is 3. The van der Waals surface area contributed by atoms with E-state index in [1.54, 1.807) is 6.07 Å². The Kier molecular flexibility index (Phi) is 5.43. The van der Waals surface area contributed by atoms with Crippen LogP contribution in [0.4, 0.5) is 0 Å². The molecule has 3 aromatic carbocycles. The quantitative estimate of drug-likeness (QED) is 0.464. The van der Waals surface area contributed by atoms with E-state index in [0.717, 1.165) is 27.9 Å². The van der Waals surface area contributed by atoms with Crippen molar-refractivity contribution >= 4 is 23.1 Å². The molecule has 0 aliphatic rings. The van der Waals surface area contributed by atoms with Crippen molar-refractivity contribution in [2.75, 3.05) is 7.11 Å². The van der Waals surface area contributed by atoms with E-state index in [1.807, 2.05) is 84.9 Å².